The molecule has 2 nitrogen and oxygen atoms in total. The van der Waals surface area contributed by atoms with Crippen LogP contribution in [-0.2, 0) is 6.54 Å². The Kier molecular flexibility index (Phi) is 4.47. The highest BCUT2D eigenvalue weighted by molar-refractivity contribution is 6.20. The van der Waals surface area contributed by atoms with E-state index in [0.717, 1.165) is 17.0 Å². The maximum Gasteiger partial charge on any atom is 0.389 e. The fourth-order valence-electron chi connectivity index (χ4n) is 1.93. The lowest BCUT2D eigenvalue weighted by atomic mass is 10.1. The first-order valence-corrected chi connectivity index (χ1v) is 5.90. The molecule has 0 aliphatic carbocycles. The fraction of sp³-hybridized carbons (Fsp3) is 0.727. The SMILES string of the molecule is Cc1nn(CCCC(F)(F)F)c(C)c1C(C)Cl. The Balaban J connectivity index is 2.70. The van der Waals surface area contributed by atoms with Crippen LogP contribution in [0, 0.1) is 13.8 Å². The van der Waals surface area contributed by atoms with Crippen molar-refractivity contribution in [2.75, 3.05) is 0 Å². The highest BCUT2D eigenvalue weighted by Gasteiger charge is 2.26. The molecule has 0 bridgehead atoms. The molecule has 0 saturated heterocycles. The summed E-state index contributed by atoms with van der Waals surface area (Å²) < 4.78 is 37.7. The number of aryl methyl sites for hydroxylation is 2. The van der Waals surface area contributed by atoms with Crippen LogP contribution in [0.3, 0.4) is 0 Å². The Morgan fingerprint density at radius 2 is 1.94 bits per heavy atom. The first-order valence-electron chi connectivity index (χ1n) is 5.47. The van der Waals surface area contributed by atoms with E-state index in [4.69, 9.17) is 11.6 Å². The molecule has 17 heavy (non-hydrogen) atoms. The predicted molar refractivity (Wildman–Crippen MR) is 61.3 cm³/mol. The van der Waals surface area contributed by atoms with Gasteiger partial charge in [0.2, 0.25) is 0 Å². The highest BCUT2D eigenvalue weighted by Crippen LogP contribution is 2.27. The molecule has 1 heterocycles. The molecule has 0 aliphatic heterocycles. The van der Waals surface area contributed by atoms with Crippen LogP contribution >= 0.6 is 11.6 Å². The van der Waals surface area contributed by atoms with Gasteiger partial charge in [0.15, 0.2) is 0 Å². The van der Waals surface area contributed by atoms with Gasteiger partial charge >= 0.3 is 6.18 Å². The summed E-state index contributed by atoms with van der Waals surface area (Å²) in [4.78, 5) is 0. The van der Waals surface area contributed by atoms with Crippen molar-refractivity contribution in [2.24, 2.45) is 0 Å². The number of aromatic nitrogens is 2. The third kappa shape index (κ3) is 3.91. The monoisotopic (exact) mass is 268 g/mol. The van der Waals surface area contributed by atoms with Gasteiger partial charge in [0.25, 0.3) is 0 Å². The van der Waals surface area contributed by atoms with Crippen molar-refractivity contribution in [1.29, 1.82) is 0 Å². The van der Waals surface area contributed by atoms with E-state index in [1.54, 1.807) is 4.68 Å². The zero-order valence-corrected chi connectivity index (χ0v) is 10.9. The third-order valence-electron chi connectivity index (χ3n) is 2.67. The Bertz CT molecular complexity index is 383. The maximum atomic E-state index is 12.0. The van der Waals surface area contributed by atoms with Crippen LogP contribution in [0.4, 0.5) is 13.2 Å². The zero-order valence-electron chi connectivity index (χ0n) is 10.1. The van der Waals surface area contributed by atoms with Crippen molar-refractivity contribution in [3.8, 4) is 0 Å². The second kappa shape index (κ2) is 5.29. The molecule has 1 aromatic rings. The average molecular weight is 269 g/mol. The van der Waals surface area contributed by atoms with E-state index in [1.165, 1.54) is 0 Å². The van der Waals surface area contributed by atoms with Gasteiger partial charge in [-0.05, 0) is 27.2 Å². The topological polar surface area (TPSA) is 17.8 Å². The van der Waals surface area contributed by atoms with E-state index in [0.29, 0.717) is 0 Å². The number of rotatable bonds is 4. The minimum absolute atomic E-state index is 0.0432. The van der Waals surface area contributed by atoms with Gasteiger partial charge in [-0.15, -0.1) is 11.6 Å². The van der Waals surface area contributed by atoms with Gasteiger partial charge in [0.05, 0.1) is 11.1 Å². The lowest BCUT2D eigenvalue weighted by Gasteiger charge is -2.08. The smallest absolute Gasteiger partial charge is 0.269 e. The van der Waals surface area contributed by atoms with Crippen LogP contribution in [0.5, 0.6) is 0 Å². The molecule has 0 N–H and O–H groups in total. The summed E-state index contributed by atoms with van der Waals surface area (Å²) in [6.45, 7) is 5.76. The van der Waals surface area contributed by atoms with Crippen LogP contribution in [0.2, 0.25) is 0 Å². The molecular formula is C11H16ClF3N2. The van der Waals surface area contributed by atoms with Crippen LogP contribution in [0.15, 0.2) is 0 Å². The predicted octanol–water partition coefficient (Wildman–Crippen LogP) is 4.14. The molecule has 0 aliphatic rings. The van der Waals surface area contributed by atoms with E-state index < -0.39 is 12.6 Å². The summed E-state index contributed by atoms with van der Waals surface area (Å²) in [5.74, 6) is 0. The molecule has 0 fully saturated rings. The second-order valence-electron chi connectivity index (χ2n) is 4.14. The molecular weight excluding hydrogens is 253 g/mol. The fourth-order valence-corrected chi connectivity index (χ4v) is 2.25. The van der Waals surface area contributed by atoms with Crippen LogP contribution in [0.25, 0.3) is 0 Å². The molecule has 0 aromatic carbocycles. The lowest BCUT2D eigenvalue weighted by Crippen LogP contribution is -2.10. The Morgan fingerprint density at radius 3 is 2.35 bits per heavy atom. The molecule has 0 amide bonds. The van der Waals surface area contributed by atoms with Gasteiger partial charge < -0.3 is 0 Å². The molecule has 0 radical (unpaired) electrons. The van der Waals surface area contributed by atoms with E-state index in [2.05, 4.69) is 5.10 Å². The van der Waals surface area contributed by atoms with Crippen LogP contribution in [0.1, 0.15) is 42.1 Å². The minimum atomic E-state index is -4.10. The highest BCUT2D eigenvalue weighted by atomic mass is 35.5. The van der Waals surface area contributed by atoms with Crippen molar-refractivity contribution in [2.45, 2.75) is 51.7 Å². The van der Waals surface area contributed by atoms with Crippen molar-refractivity contribution >= 4 is 11.6 Å². The van der Waals surface area contributed by atoms with E-state index in [-0.39, 0.29) is 18.3 Å². The second-order valence-corrected chi connectivity index (χ2v) is 4.80. The number of alkyl halides is 4. The lowest BCUT2D eigenvalue weighted by molar-refractivity contribution is -0.136. The van der Waals surface area contributed by atoms with E-state index in [1.807, 2.05) is 20.8 Å². The largest absolute Gasteiger partial charge is 0.389 e. The Hall–Kier alpha value is -0.710. The van der Waals surface area contributed by atoms with Crippen LogP contribution in [-0.4, -0.2) is 16.0 Å². The molecule has 0 saturated carbocycles. The molecule has 98 valence electrons. The Labute approximate surface area is 104 Å². The number of nitrogens with zero attached hydrogens (tertiary/aromatic N) is 2. The number of halogens is 4. The van der Waals surface area contributed by atoms with Gasteiger partial charge in [-0.1, -0.05) is 0 Å². The summed E-state index contributed by atoms with van der Waals surface area (Å²) in [7, 11) is 0. The van der Waals surface area contributed by atoms with Crippen molar-refractivity contribution in [3.63, 3.8) is 0 Å². The molecule has 1 aromatic heterocycles. The summed E-state index contributed by atoms with van der Waals surface area (Å²) >= 11 is 6.00. The summed E-state index contributed by atoms with van der Waals surface area (Å²) in [6, 6.07) is 0. The maximum absolute atomic E-state index is 12.0. The standard InChI is InChI=1S/C11H16ClF3N2/c1-7(12)10-8(2)16-17(9(10)3)6-4-5-11(13,14)15/h7H,4-6H2,1-3H3. The number of hydrogen-bond acceptors (Lipinski definition) is 1. The van der Waals surface area contributed by atoms with Crippen LogP contribution < -0.4 is 0 Å². The number of hydrogen-bond donors (Lipinski definition) is 0. The summed E-state index contributed by atoms with van der Waals surface area (Å²) in [5, 5.41) is 4.04. The molecule has 1 rings (SSSR count). The molecule has 1 unspecified atom stereocenters. The van der Waals surface area contributed by atoms with Crippen molar-refractivity contribution in [1.82, 2.24) is 9.78 Å². The minimum Gasteiger partial charge on any atom is -0.269 e. The normalized spacial score (nSPS) is 14.1. The summed E-state index contributed by atoms with van der Waals surface area (Å²) in [6.07, 6.45) is -4.84. The zero-order chi connectivity index (χ0) is 13.2. The van der Waals surface area contributed by atoms with Crippen molar-refractivity contribution in [3.05, 3.63) is 17.0 Å². The molecule has 0 spiro atoms. The first-order chi connectivity index (χ1) is 7.72. The van der Waals surface area contributed by atoms with E-state index >= 15 is 0 Å². The van der Waals surface area contributed by atoms with Gasteiger partial charge in [-0.2, -0.15) is 18.3 Å². The molecule has 1 atom stereocenters. The van der Waals surface area contributed by atoms with Gasteiger partial charge in [-0.25, -0.2) is 0 Å². The quantitative estimate of drug-likeness (QED) is 0.751. The Morgan fingerprint density at radius 1 is 1.35 bits per heavy atom. The average Bonchev–Trinajstić information content (AvgIpc) is 2.39. The van der Waals surface area contributed by atoms with Gasteiger partial charge in [0, 0.05) is 24.2 Å². The van der Waals surface area contributed by atoms with Gasteiger partial charge in [0.1, 0.15) is 0 Å². The summed E-state index contributed by atoms with van der Waals surface area (Å²) in [5.41, 5.74) is 2.56. The molecule has 6 heteroatoms. The third-order valence-corrected chi connectivity index (χ3v) is 2.88. The first kappa shape index (κ1) is 14.4. The van der Waals surface area contributed by atoms with E-state index in [9.17, 15) is 13.2 Å². The van der Waals surface area contributed by atoms with Crippen molar-refractivity contribution < 1.29 is 13.2 Å². The van der Waals surface area contributed by atoms with Gasteiger partial charge in [-0.3, -0.25) is 4.68 Å².